The predicted molar refractivity (Wildman–Crippen MR) is 64.0 cm³/mol. The van der Waals surface area contributed by atoms with Gasteiger partial charge in [0.2, 0.25) is 0 Å². The van der Waals surface area contributed by atoms with Crippen LogP contribution >= 0.6 is 0 Å². The average Bonchev–Trinajstić information content (AvgIpc) is 2.64. The maximum Gasteiger partial charge on any atom is 0.0492 e. The summed E-state index contributed by atoms with van der Waals surface area (Å²) in [6.07, 6.45) is 5.36. The molecule has 0 spiro atoms. The van der Waals surface area contributed by atoms with E-state index in [1.54, 1.807) is 0 Å². The Bertz CT molecular complexity index is 268. The van der Waals surface area contributed by atoms with E-state index < -0.39 is 0 Å². The molecule has 1 aromatic heterocycles. The standard InChI is InChI=1S/C12H23N3/c1-4-10-15-12(8-9-14-15)7-6-11(3)13-5-2/h8-9,11,13H,4-7,10H2,1-3H3. The second-order valence-electron chi connectivity index (χ2n) is 4.04. The van der Waals surface area contributed by atoms with Gasteiger partial charge in [0.25, 0.3) is 0 Å². The Labute approximate surface area is 92.9 Å². The van der Waals surface area contributed by atoms with Crippen LogP contribution in [0.4, 0.5) is 0 Å². The molecule has 0 aliphatic heterocycles. The van der Waals surface area contributed by atoms with Crippen molar-refractivity contribution in [2.24, 2.45) is 0 Å². The Hall–Kier alpha value is -0.830. The third kappa shape index (κ3) is 4.04. The Kier molecular flexibility index (Phi) is 5.40. The molecule has 0 aliphatic rings. The Morgan fingerprint density at radius 2 is 2.27 bits per heavy atom. The summed E-state index contributed by atoms with van der Waals surface area (Å²) in [7, 11) is 0. The lowest BCUT2D eigenvalue weighted by Gasteiger charge is -2.12. The maximum absolute atomic E-state index is 4.33. The smallest absolute Gasteiger partial charge is 0.0492 e. The number of aryl methyl sites for hydroxylation is 2. The van der Waals surface area contributed by atoms with Crippen molar-refractivity contribution in [3.05, 3.63) is 18.0 Å². The second kappa shape index (κ2) is 6.62. The predicted octanol–water partition coefficient (Wildman–Crippen LogP) is 2.22. The van der Waals surface area contributed by atoms with E-state index in [1.807, 2.05) is 6.20 Å². The van der Waals surface area contributed by atoms with Gasteiger partial charge in [0.15, 0.2) is 0 Å². The molecule has 1 rings (SSSR count). The van der Waals surface area contributed by atoms with Crippen LogP contribution in [0.1, 0.15) is 39.3 Å². The molecule has 15 heavy (non-hydrogen) atoms. The molecule has 1 N–H and O–H groups in total. The average molecular weight is 209 g/mol. The molecule has 0 amide bonds. The Morgan fingerprint density at radius 3 is 2.93 bits per heavy atom. The van der Waals surface area contributed by atoms with Crippen molar-refractivity contribution >= 4 is 0 Å². The number of hydrogen-bond acceptors (Lipinski definition) is 2. The van der Waals surface area contributed by atoms with Gasteiger partial charge in [-0.25, -0.2) is 0 Å². The maximum atomic E-state index is 4.33. The number of aromatic nitrogens is 2. The quantitative estimate of drug-likeness (QED) is 0.746. The van der Waals surface area contributed by atoms with Gasteiger partial charge in [-0.15, -0.1) is 0 Å². The molecule has 0 radical (unpaired) electrons. The van der Waals surface area contributed by atoms with Crippen molar-refractivity contribution in [2.75, 3.05) is 6.54 Å². The highest BCUT2D eigenvalue weighted by Gasteiger charge is 2.04. The summed E-state index contributed by atoms with van der Waals surface area (Å²) in [6, 6.07) is 2.73. The molecule has 1 atom stereocenters. The van der Waals surface area contributed by atoms with Gasteiger partial charge in [-0.2, -0.15) is 5.10 Å². The van der Waals surface area contributed by atoms with E-state index >= 15 is 0 Å². The van der Waals surface area contributed by atoms with Crippen molar-refractivity contribution in [1.29, 1.82) is 0 Å². The van der Waals surface area contributed by atoms with Crippen LogP contribution in [0.3, 0.4) is 0 Å². The van der Waals surface area contributed by atoms with Crippen LogP contribution in [-0.4, -0.2) is 22.4 Å². The van der Waals surface area contributed by atoms with Crippen LogP contribution in [0.2, 0.25) is 0 Å². The summed E-state index contributed by atoms with van der Waals surface area (Å²) in [4.78, 5) is 0. The summed E-state index contributed by atoms with van der Waals surface area (Å²) in [6.45, 7) is 8.67. The van der Waals surface area contributed by atoms with Crippen LogP contribution in [0, 0.1) is 0 Å². The van der Waals surface area contributed by atoms with Crippen LogP contribution in [0.5, 0.6) is 0 Å². The van der Waals surface area contributed by atoms with Gasteiger partial charge in [-0.3, -0.25) is 4.68 Å². The van der Waals surface area contributed by atoms with Crippen molar-refractivity contribution in [2.45, 2.75) is 52.6 Å². The molecule has 0 saturated carbocycles. The van der Waals surface area contributed by atoms with E-state index in [1.165, 1.54) is 12.1 Å². The van der Waals surface area contributed by atoms with Crippen molar-refractivity contribution in [1.82, 2.24) is 15.1 Å². The van der Waals surface area contributed by atoms with E-state index in [-0.39, 0.29) is 0 Å². The lowest BCUT2D eigenvalue weighted by Crippen LogP contribution is -2.26. The fraction of sp³-hybridized carbons (Fsp3) is 0.750. The molecule has 0 bridgehead atoms. The highest BCUT2D eigenvalue weighted by atomic mass is 15.3. The first-order valence-electron chi connectivity index (χ1n) is 6.02. The van der Waals surface area contributed by atoms with Crippen molar-refractivity contribution in [3.8, 4) is 0 Å². The molecule has 0 fully saturated rings. The van der Waals surface area contributed by atoms with E-state index in [0.717, 1.165) is 25.9 Å². The third-order valence-corrected chi connectivity index (χ3v) is 2.63. The zero-order valence-corrected chi connectivity index (χ0v) is 10.2. The number of nitrogens with one attached hydrogen (secondary N) is 1. The van der Waals surface area contributed by atoms with Crippen LogP contribution in [-0.2, 0) is 13.0 Å². The minimum absolute atomic E-state index is 0.597. The topological polar surface area (TPSA) is 29.9 Å². The monoisotopic (exact) mass is 209 g/mol. The highest BCUT2D eigenvalue weighted by molar-refractivity contribution is 5.01. The van der Waals surface area contributed by atoms with Gasteiger partial charge < -0.3 is 5.32 Å². The first kappa shape index (κ1) is 12.2. The van der Waals surface area contributed by atoms with E-state index in [9.17, 15) is 0 Å². The summed E-state index contributed by atoms with van der Waals surface area (Å²) in [5, 5.41) is 7.76. The molecule has 1 unspecified atom stereocenters. The number of rotatable bonds is 7. The zero-order valence-electron chi connectivity index (χ0n) is 10.2. The van der Waals surface area contributed by atoms with E-state index in [2.05, 4.69) is 41.9 Å². The van der Waals surface area contributed by atoms with E-state index in [0.29, 0.717) is 6.04 Å². The summed E-state index contributed by atoms with van der Waals surface area (Å²) in [5.41, 5.74) is 1.36. The molecule has 0 aliphatic carbocycles. The van der Waals surface area contributed by atoms with Crippen molar-refractivity contribution in [3.63, 3.8) is 0 Å². The van der Waals surface area contributed by atoms with Crippen LogP contribution < -0.4 is 5.32 Å². The Balaban J connectivity index is 2.39. The number of nitrogens with zero attached hydrogens (tertiary/aromatic N) is 2. The summed E-state index contributed by atoms with van der Waals surface area (Å²) < 4.78 is 2.12. The van der Waals surface area contributed by atoms with Crippen LogP contribution in [0.15, 0.2) is 12.3 Å². The molecule has 1 aromatic rings. The van der Waals surface area contributed by atoms with Gasteiger partial charge in [0.05, 0.1) is 0 Å². The first-order valence-corrected chi connectivity index (χ1v) is 6.02. The SMILES string of the molecule is CCCn1nccc1CCC(C)NCC. The van der Waals surface area contributed by atoms with Crippen LogP contribution in [0.25, 0.3) is 0 Å². The van der Waals surface area contributed by atoms with E-state index in [4.69, 9.17) is 0 Å². The van der Waals surface area contributed by atoms with Gasteiger partial charge in [0, 0.05) is 24.5 Å². The summed E-state index contributed by atoms with van der Waals surface area (Å²) in [5.74, 6) is 0. The molecule has 0 aromatic carbocycles. The molecule has 3 heteroatoms. The van der Waals surface area contributed by atoms with Gasteiger partial charge in [-0.05, 0) is 38.8 Å². The molecular weight excluding hydrogens is 186 g/mol. The highest BCUT2D eigenvalue weighted by Crippen LogP contribution is 2.05. The fourth-order valence-electron chi connectivity index (χ4n) is 1.80. The molecule has 86 valence electrons. The Morgan fingerprint density at radius 1 is 1.47 bits per heavy atom. The number of hydrogen-bond donors (Lipinski definition) is 1. The second-order valence-corrected chi connectivity index (χ2v) is 4.04. The van der Waals surface area contributed by atoms with Gasteiger partial charge >= 0.3 is 0 Å². The minimum Gasteiger partial charge on any atom is -0.315 e. The molecule has 0 saturated heterocycles. The minimum atomic E-state index is 0.597. The third-order valence-electron chi connectivity index (χ3n) is 2.63. The largest absolute Gasteiger partial charge is 0.315 e. The molecule has 1 heterocycles. The van der Waals surface area contributed by atoms with Gasteiger partial charge in [-0.1, -0.05) is 13.8 Å². The first-order chi connectivity index (χ1) is 7.27. The summed E-state index contributed by atoms with van der Waals surface area (Å²) >= 11 is 0. The van der Waals surface area contributed by atoms with Gasteiger partial charge in [0.1, 0.15) is 0 Å². The molecule has 3 nitrogen and oxygen atoms in total. The zero-order chi connectivity index (χ0) is 11.1. The lowest BCUT2D eigenvalue weighted by atomic mass is 10.1. The lowest BCUT2D eigenvalue weighted by molar-refractivity contribution is 0.506. The van der Waals surface area contributed by atoms with Crippen molar-refractivity contribution < 1.29 is 0 Å². The molecular formula is C12H23N3. The fourth-order valence-corrected chi connectivity index (χ4v) is 1.80. The normalized spacial score (nSPS) is 13.0.